The molecule has 2 nitrogen and oxygen atoms in total. The summed E-state index contributed by atoms with van der Waals surface area (Å²) in [5.74, 6) is 0. The van der Waals surface area contributed by atoms with Gasteiger partial charge in [-0.15, -0.1) is 0 Å². The summed E-state index contributed by atoms with van der Waals surface area (Å²) in [6.07, 6.45) is 7.14. The molecule has 1 aliphatic rings. The number of rotatable bonds is 5. The van der Waals surface area contributed by atoms with E-state index < -0.39 is 0 Å². The van der Waals surface area contributed by atoms with Crippen LogP contribution in [0.25, 0.3) is 0 Å². The van der Waals surface area contributed by atoms with Crippen molar-refractivity contribution in [2.45, 2.75) is 45.6 Å². The third kappa shape index (κ3) is 2.84. The molecule has 1 aliphatic heterocycles. The molecule has 1 heterocycles. The zero-order valence-corrected chi connectivity index (χ0v) is 8.29. The average molecular weight is 168 g/mol. The van der Waals surface area contributed by atoms with Gasteiger partial charge in [-0.25, -0.2) is 0 Å². The van der Waals surface area contributed by atoms with Gasteiger partial charge in [-0.3, -0.25) is 4.99 Å². The standard InChI is InChI=1S/C10H20N2/c1-3-5-6-10-8-12(7-4-2)9-11-10/h9-10H,3-8H2,1-2H3. The van der Waals surface area contributed by atoms with E-state index in [1.165, 1.54) is 32.2 Å². The van der Waals surface area contributed by atoms with Crippen molar-refractivity contribution in [1.82, 2.24) is 4.90 Å². The molecule has 0 amide bonds. The summed E-state index contributed by atoms with van der Waals surface area (Å²) in [6, 6.07) is 0.594. The second-order valence-electron chi connectivity index (χ2n) is 3.56. The van der Waals surface area contributed by atoms with Gasteiger partial charge in [-0.2, -0.15) is 0 Å². The third-order valence-corrected chi connectivity index (χ3v) is 2.29. The monoisotopic (exact) mass is 168 g/mol. The highest BCUT2D eigenvalue weighted by molar-refractivity contribution is 5.57. The number of hydrogen-bond donors (Lipinski definition) is 0. The van der Waals surface area contributed by atoms with Crippen molar-refractivity contribution in [3.8, 4) is 0 Å². The van der Waals surface area contributed by atoms with E-state index in [0.717, 1.165) is 6.54 Å². The molecule has 0 fully saturated rings. The molecule has 0 saturated heterocycles. The Kier molecular flexibility index (Phi) is 4.12. The van der Waals surface area contributed by atoms with Gasteiger partial charge >= 0.3 is 0 Å². The van der Waals surface area contributed by atoms with Crippen LogP contribution in [0.2, 0.25) is 0 Å². The molecule has 0 radical (unpaired) electrons. The van der Waals surface area contributed by atoms with Gasteiger partial charge in [0.2, 0.25) is 0 Å². The first-order chi connectivity index (χ1) is 5.86. The van der Waals surface area contributed by atoms with Crippen LogP contribution in [0, 0.1) is 0 Å². The van der Waals surface area contributed by atoms with Crippen LogP contribution in [0.3, 0.4) is 0 Å². The lowest BCUT2D eigenvalue weighted by atomic mass is 10.1. The summed E-state index contributed by atoms with van der Waals surface area (Å²) < 4.78 is 0. The Balaban J connectivity index is 2.14. The Labute approximate surface area is 75.7 Å². The van der Waals surface area contributed by atoms with E-state index in [1.54, 1.807) is 0 Å². The van der Waals surface area contributed by atoms with Crippen molar-refractivity contribution in [2.24, 2.45) is 4.99 Å². The lowest BCUT2D eigenvalue weighted by molar-refractivity contribution is 0.416. The van der Waals surface area contributed by atoms with Crippen LogP contribution < -0.4 is 0 Å². The summed E-state index contributed by atoms with van der Waals surface area (Å²) in [5, 5.41) is 0. The molecule has 1 unspecified atom stereocenters. The van der Waals surface area contributed by atoms with Crippen LogP contribution in [-0.2, 0) is 0 Å². The Morgan fingerprint density at radius 1 is 1.42 bits per heavy atom. The molecule has 2 heteroatoms. The van der Waals surface area contributed by atoms with E-state index in [0.29, 0.717) is 6.04 Å². The van der Waals surface area contributed by atoms with Gasteiger partial charge in [0, 0.05) is 13.1 Å². The summed E-state index contributed by atoms with van der Waals surface area (Å²) in [4.78, 5) is 6.81. The van der Waals surface area contributed by atoms with Crippen LogP contribution in [0.4, 0.5) is 0 Å². The summed E-state index contributed by atoms with van der Waals surface area (Å²) in [7, 11) is 0. The molecule has 0 aromatic rings. The molecule has 1 rings (SSSR count). The van der Waals surface area contributed by atoms with Crippen LogP contribution in [0.5, 0.6) is 0 Å². The Morgan fingerprint density at radius 2 is 2.25 bits per heavy atom. The Hall–Kier alpha value is -0.530. The summed E-state index contributed by atoms with van der Waals surface area (Å²) >= 11 is 0. The fraction of sp³-hybridized carbons (Fsp3) is 0.900. The van der Waals surface area contributed by atoms with Gasteiger partial charge in [0.25, 0.3) is 0 Å². The SMILES string of the molecule is CCCCC1CN(CCC)C=N1. The zero-order chi connectivity index (χ0) is 8.81. The third-order valence-electron chi connectivity index (χ3n) is 2.29. The van der Waals surface area contributed by atoms with Crippen LogP contribution in [0.1, 0.15) is 39.5 Å². The molecule has 0 spiro atoms. The van der Waals surface area contributed by atoms with E-state index in [1.807, 2.05) is 6.34 Å². The van der Waals surface area contributed by atoms with E-state index in [4.69, 9.17) is 0 Å². The normalized spacial score (nSPS) is 22.2. The van der Waals surface area contributed by atoms with Crippen molar-refractivity contribution in [3.05, 3.63) is 0 Å². The Morgan fingerprint density at radius 3 is 2.92 bits per heavy atom. The molecular formula is C10H20N2. The van der Waals surface area contributed by atoms with Crippen molar-refractivity contribution >= 4 is 6.34 Å². The maximum atomic E-state index is 4.47. The van der Waals surface area contributed by atoms with Crippen LogP contribution in [-0.4, -0.2) is 30.4 Å². The van der Waals surface area contributed by atoms with Crippen molar-refractivity contribution in [2.75, 3.05) is 13.1 Å². The molecule has 1 atom stereocenters. The first-order valence-corrected chi connectivity index (χ1v) is 5.14. The molecule has 70 valence electrons. The lowest BCUT2D eigenvalue weighted by Gasteiger charge is -2.14. The number of aliphatic imine (C=N–C) groups is 1. The van der Waals surface area contributed by atoms with Gasteiger partial charge in [-0.1, -0.05) is 26.7 Å². The molecule has 0 aromatic heterocycles. The minimum absolute atomic E-state index is 0.594. The summed E-state index contributed by atoms with van der Waals surface area (Å²) in [6.45, 7) is 6.79. The molecule has 0 saturated carbocycles. The van der Waals surface area contributed by atoms with E-state index in [9.17, 15) is 0 Å². The van der Waals surface area contributed by atoms with Crippen LogP contribution >= 0.6 is 0 Å². The maximum absolute atomic E-state index is 4.47. The predicted molar refractivity (Wildman–Crippen MR) is 53.7 cm³/mol. The van der Waals surface area contributed by atoms with Crippen LogP contribution in [0.15, 0.2) is 4.99 Å². The van der Waals surface area contributed by atoms with E-state index >= 15 is 0 Å². The van der Waals surface area contributed by atoms with Gasteiger partial charge in [0.15, 0.2) is 0 Å². The average Bonchev–Trinajstić information content (AvgIpc) is 2.50. The molecule has 0 aliphatic carbocycles. The quantitative estimate of drug-likeness (QED) is 0.615. The highest BCUT2D eigenvalue weighted by Crippen LogP contribution is 2.10. The highest BCUT2D eigenvalue weighted by Gasteiger charge is 2.14. The molecule has 12 heavy (non-hydrogen) atoms. The second-order valence-corrected chi connectivity index (χ2v) is 3.56. The molecule has 0 bridgehead atoms. The smallest absolute Gasteiger partial charge is 0.0854 e. The highest BCUT2D eigenvalue weighted by atomic mass is 15.2. The number of hydrogen-bond acceptors (Lipinski definition) is 2. The predicted octanol–water partition coefficient (Wildman–Crippen LogP) is 2.30. The van der Waals surface area contributed by atoms with Crippen molar-refractivity contribution in [3.63, 3.8) is 0 Å². The fourth-order valence-corrected chi connectivity index (χ4v) is 1.60. The first kappa shape index (κ1) is 9.56. The maximum Gasteiger partial charge on any atom is 0.0854 e. The van der Waals surface area contributed by atoms with Gasteiger partial charge < -0.3 is 4.90 Å². The number of unbranched alkanes of at least 4 members (excludes halogenated alkanes) is 1. The topological polar surface area (TPSA) is 15.6 Å². The molecule has 0 aromatic carbocycles. The first-order valence-electron chi connectivity index (χ1n) is 5.14. The van der Waals surface area contributed by atoms with Gasteiger partial charge in [-0.05, 0) is 12.8 Å². The zero-order valence-electron chi connectivity index (χ0n) is 8.29. The minimum atomic E-state index is 0.594. The van der Waals surface area contributed by atoms with Crippen molar-refractivity contribution in [1.29, 1.82) is 0 Å². The second kappa shape index (κ2) is 5.18. The van der Waals surface area contributed by atoms with Gasteiger partial charge in [0.1, 0.15) is 0 Å². The van der Waals surface area contributed by atoms with E-state index in [-0.39, 0.29) is 0 Å². The number of nitrogens with zero attached hydrogens (tertiary/aromatic N) is 2. The van der Waals surface area contributed by atoms with Crippen molar-refractivity contribution < 1.29 is 0 Å². The molecular weight excluding hydrogens is 148 g/mol. The Bertz CT molecular complexity index is 143. The van der Waals surface area contributed by atoms with Gasteiger partial charge in [0.05, 0.1) is 12.4 Å². The minimum Gasteiger partial charge on any atom is -0.361 e. The molecule has 0 N–H and O–H groups in total. The largest absolute Gasteiger partial charge is 0.361 e. The fourth-order valence-electron chi connectivity index (χ4n) is 1.60. The lowest BCUT2D eigenvalue weighted by Crippen LogP contribution is -2.24. The summed E-state index contributed by atoms with van der Waals surface area (Å²) in [5.41, 5.74) is 0. The van der Waals surface area contributed by atoms with E-state index in [2.05, 4.69) is 23.7 Å².